The quantitative estimate of drug-likeness (QED) is 0.629. The summed E-state index contributed by atoms with van der Waals surface area (Å²) >= 11 is 1.61. The Morgan fingerprint density at radius 1 is 1.22 bits per heavy atom. The number of amides is 2. The number of carbonyl (C=O) groups excluding carboxylic acids is 2. The largest absolute Gasteiger partial charge is 0.339 e. The van der Waals surface area contributed by atoms with Crippen LogP contribution in [0.1, 0.15) is 24.1 Å². The van der Waals surface area contributed by atoms with Crippen LogP contribution >= 0.6 is 11.3 Å². The van der Waals surface area contributed by atoms with Crippen LogP contribution in [0.25, 0.3) is 6.08 Å². The van der Waals surface area contributed by atoms with Crippen LogP contribution in [0.15, 0.2) is 35.7 Å². The molecule has 2 heterocycles. The van der Waals surface area contributed by atoms with Crippen molar-refractivity contribution in [2.24, 2.45) is 5.92 Å². The second-order valence-corrected chi connectivity index (χ2v) is 7.00. The van der Waals surface area contributed by atoms with E-state index in [1.807, 2.05) is 33.4 Å². The lowest BCUT2D eigenvalue weighted by Gasteiger charge is -2.34. The van der Waals surface area contributed by atoms with Gasteiger partial charge in [0.15, 0.2) is 0 Å². The number of nitrogens with zero attached hydrogens (tertiary/aromatic N) is 2. The number of allylic oxidation sites excluding steroid dienone is 2. The summed E-state index contributed by atoms with van der Waals surface area (Å²) in [6.45, 7) is 2.54. The summed E-state index contributed by atoms with van der Waals surface area (Å²) in [5.41, 5.74) is 0. The molecule has 0 aromatic carbocycles. The predicted molar refractivity (Wildman–Crippen MR) is 93.0 cm³/mol. The Bertz CT molecular complexity index is 599. The minimum Gasteiger partial charge on any atom is -0.339 e. The van der Waals surface area contributed by atoms with Crippen LogP contribution in [0.5, 0.6) is 0 Å². The zero-order valence-electron chi connectivity index (χ0n) is 13.2. The third-order valence-electron chi connectivity index (χ3n) is 4.43. The highest BCUT2D eigenvalue weighted by atomic mass is 32.1. The molecule has 2 aliphatic rings. The van der Waals surface area contributed by atoms with Crippen molar-refractivity contribution >= 4 is 29.2 Å². The molecule has 23 heavy (non-hydrogen) atoms. The van der Waals surface area contributed by atoms with Crippen molar-refractivity contribution in [3.05, 3.63) is 40.6 Å². The summed E-state index contributed by atoms with van der Waals surface area (Å²) in [6.07, 6.45) is 10.6. The number of carbonyl (C=O) groups is 2. The van der Waals surface area contributed by atoms with Gasteiger partial charge in [0.1, 0.15) is 0 Å². The van der Waals surface area contributed by atoms with E-state index in [0.29, 0.717) is 38.5 Å². The SMILES string of the molecule is O=C(C=Cc1cccs1)N1CCN(C(=O)CC2C=CCC2)CC1. The van der Waals surface area contributed by atoms with Crippen molar-refractivity contribution in [3.8, 4) is 0 Å². The van der Waals surface area contributed by atoms with E-state index in [0.717, 1.165) is 17.7 Å². The molecule has 1 aromatic heterocycles. The minimum absolute atomic E-state index is 0.0317. The Balaban J connectivity index is 1.45. The highest BCUT2D eigenvalue weighted by molar-refractivity contribution is 7.10. The molecule has 1 aliphatic heterocycles. The first-order valence-electron chi connectivity index (χ1n) is 8.17. The predicted octanol–water partition coefficient (Wildman–Crippen LogP) is 2.79. The van der Waals surface area contributed by atoms with E-state index < -0.39 is 0 Å². The van der Waals surface area contributed by atoms with E-state index >= 15 is 0 Å². The average Bonchev–Trinajstić information content (AvgIpc) is 3.26. The average molecular weight is 330 g/mol. The van der Waals surface area contributed by atoms with Crippen molar-refractivity contribution in [2.75, 3.05) is 26.2 Å². The van der Waals surface area contributed by atoms with Gasteiger partial charge in [-0.05, 0) is 36.3 Å². The molecule has 122 valence electrons. The van der Waals surface area contributed by atoms with Crippen LogP contribution in [0.4, 0.5) is 0 Å². The van der Waals surface area contributed by atoms with Gasteiger partial charge in [0.2, 0.25) is 11.8 Å². The summed E-state index contributed by atoms with van der Waals surface area (Å²) in [6, 6.07) is 3.96. The molecule has 0 N–H and O–H groups in total. The Labute approximate surface area is 141 Å². The summed E-state index contributed by atoms with van der Waals surface area (Å²) in [7, 11) is 0. The number of thiophene rings is 1. The van der Waals surface area contributed by atoms with Crippen LogP contribution in [0.3, 0.4) is 0 Å². The van der Waals surface area contributed by atoms with Gasteiger partial charge in [-0.15, -0.1) is 11.3 Å². The maximum atomic E-state index is 12.3. The first-order chi connectivity index (χ1) is 11.2. The molecule has 1 aromatic rings. The monoisotopic (exact) mass is 330 g/mol. The van der Waals surface area contributed by atoms with Crippen molar-refractivity contribution in [3.63, 3.8) is 0 Å². The Morgan fingerprint density at radius 3 is 2.65 bits per heavy atom. The molecule has 1 atom stereocenters. The normalized spacial score (nSPS) is 21.3. The van der Waals surface area contributed by atoms with Gasteiger partial charge in [0, 0.05) is 43.6 Å². The third-order valence-corrected chi connectivity index (χ3v) is 5.26. The van der Waals surface area contributed by atoms with Crippen molar-refractivity contribution < 1.29 is 9.59 Å². The molecular weight excluding hydrogens is 308 g/mol. The molecule has 0 radical (unpaired) electrons. The summed E-state index contributed by atoms with van der Waals surface area (Å²) in [5, 5.41) is 1.99. The van der Waals surface area contributed by atoms with E-state index in [4.69, 9.17) is 0 Å². The van der Waals surface area contributed by atoms with E-state index in [9.17, 15) is 9.59 Å². The van der Waals surface area contributed by atoms with E-state index in [1.165, 1.54) is 0 Å². The molecule has 4 nitrogen and oxygen atoms in total. The minimum atomic E-state index is 0.0317. The lowest BCUT2D eigenvalue weighted by Crippen LogP contribution is -2.50. The fraction of sp³-hybridized carbons (Fsp3) is 0.444. The number of rotatable bonds is 4. The molecule has 1 unspecified atom stereocenters. The van der Waals surface area contributed by atoms with E-state index in [2.05, 4.69) is 12.2 Å². The molecule has 0 spiro atoms. The third kappa shape index (κ3) is 4.32. The van der Waals surface area contributed by atoms with E-state index in [-0.39, 0.29) is 11.8 Å². The summed E-state index contributed by atoms with van der Waals surface area (Å²) in [5.74, 6) is 0.669. The summed E-state index contributed by atoms with van der Waals surface area (Å²) < 4.78 is 0. The van der Waals surface area contributed by atoms with Crippen LogP contribution < -0.4 is 0 Å². The van der Waals surface area contributed by atoms with Crippen molar-refractivity contribution in [1.82, 2.24) is 9.80 Å². The first kappa shape index (κ1) is 16.0. The lowest BCUT2D eigenvalue weighted by atomic mass is 10.0. The van der Waals surface area contributed by atoms with Gasteiger partial charge in [-0.25, -0.2) is 0 Å². The molecule has 1 fully saturated rings. The zero-order chi connectivity index (χ0) is 16.1. The van der Waals surface area contributed by atoms with E-state index in [1.54, 1.807) is 17.4 Å². The Kier molecular flexibility index (Phi) is 5.28. The number of hydrogen-bond donors (Lipinski definition) is 0. The molecule has 5 heteroatoms. The second kappa shape index (κ2) is 7.59. The smallest absolute Gasteiger partial charge is 0.246 e. The zero-order valence-corrected chi connectivity index (χ0v) is 14.0. The lowest BCUT2D eigenvalue weighted by molar-refractivity contribution is -0.137. The van der Waals surface area contributed by atoms with Gasteiger partial charge >= 0.3 is 0 Å². The fourth-order valence-corrected chi connectivity index (χ4v) is 3.66. The van der Waals surface area contributed by atoms with Crippen LogP contribution in [0.2, 0.25) is 0 Å². The topological polar surface area (TPSA) is 40.6 Å². The molecule has 2 amide bonds. The molecule has 3 rings (SSSR count). The molecule has 1 saturated heterocycles. The molecule has 0 saturated carbocycles. The Morgan fingerprint density at radius 2 is 2.00 bits per heavy atom. The van der Waals surface area contributed by atoms with Crippen molar-refractivity contribution in [2.45, 2.75) is 19.3 Å². The maximum Gasteiger partial charge on any atom is 0.246 e. The number of piperazine rings is 1. The van der Waals surface area contributed by atoms with Gasteiger partial charge in [0.25, 0.3) is 0 Å². The molecular formula is C18H22N2O2S. The first-order valence-corrected chi connectivity index (χ1v) is 9.05. The van der Waals surface area contributed by atoms with Crippen LogP contribution in [-0.4, -0.2) is 47.8 Å². The van der Waals surface area contributed by atoms with Gasteiger partial charge in [-0.3, -0.25) is 9.59 Å². The second-order valence-electron chi connectivity index (χ2n) is 6.02. The standard InChI is InChI=1S/C18H22N2O2S/c21-17(8-7-16-6-3-13-23-16)19-9-11-20(12-10-19)18(22)14-15-4-1-2-5-15/h1,3-4,6-8,13,15H,2,5,9-12,14H2. The number of hydrogen-bond acceptors (Lipinski definition) is 3. The maximum absolute atomic E-state index is 12.3. The molecule has 0 bridgehead atoms. The highest BCUT2D eigenvalue weighted by Crippen LogP contribution is 2.21. The highest BCUT2D eigenvalue weighted by Gasteiger charge is 2.24. The molecule has 1 aliphatic carbocycles. The van der Waals surface area contributed by atoms with Gasteiger partial charge < -0.3 is 9.80 Å². The summed E-state index contributed by atoms with van der Waals surface area (Å²) in [4.78, 5) is 29.3. The fourth-order valence-electron chi connectivity index (χ4n) is 3.04. The Hall–Kier alpha value is -1.88. The van der Waals surface area contributed by atoms with Crippen LogP contribution in [-0.2, 0) is 9.59 Å². The van der Waals surface area contributed by atoms with Crippen molar-refractivity contribution in [1.29, 1.82) is 0 Å². The van der Waals surface area contributed by atoms with Gasteiger partial charge in [-0.2, -0.15) is 0 Å². The van der Waals surface area contributed by atoms with Gasteiger partial charge in [0.05, 0.1) is 0 Å². The van der Waals surface area contributed by atoms with Crippen LogP contribution in [0, 0.1) is 5.92 Å². The van der Waals surface area contributed by atoms with Gasteiger partial charge in [-0.1, -0.05) is 18.2 Å².